The van der Waals surface area contributed by atoms with Gasteiger partial charge in [0.15, 0.2) is 0 Å². The van der Waals surface area contributed by atoms with E-state index in [9.17, 15) is 9.59 Å². The summed E-state index contributed by atoms with van der Waals surface area (Å²) in [5.74, 6) is -2.03. The van der Waals surface area contributed by atoms with Crippen molar-refractivity contribution in [2.45, 2.75) is 6.42 Å². The van der Waals surface area contributed by atoms with Crippen LogP contribution in [0.15, 0.2) is 0 Å². The fourth-order valence-electron chi connectivity index (χ4n) is 0.344. The molecule has 0 aliphatic heterocycles. The van der Waals surface area contributed by atoms with Gasteiger partial charge in [-0.15, -0.1) is 11.6 Å². The van der Waals surface area contributed by atoms with E-state index >= 15 is 0 Å². The Bertz CT molecular complexity index is 137. The van der Waals surface area contributed by atoms with E-state index in [0.717, 1.165) is 0 Å². The number of aliphatic carboxylic acids is 1. The third-order valence-corrected chi connectivity index (χ3v) is 1.06. The molecule has 0 rings (SSSR count). The van der Waals surface area contributed by atoms with E-state index in [2.05, 4.69) is 5.32 Å². The first-order chi connectivity index (χ1) is 4.68. The van der Waals surface area contributed by atoms with E-state index in [1.807, 2.05) is 0 Å². The molecular formula is C5H8ClNO3. The highest BCUT2D eigenvalue weighted by atomic mass is 35.5. The number of carbonyl (C=O) groups is 2. The van der Waals surface area contributed by atoms with Gasteiger partial charge >= 0.3 is 11.9 Å². The van der Waals surface area contributed by atoms with Crippen LogP contribution in [-0.4, -0.2) is 29.4 Å². The van der Waals surface area contributed by atoms with Crippen molar-refractivity contribution in [2.75, 3.05) is 12.4 Å². The fourth-order valence-corrected chi connectivity index (χ4v) is 0.478. The van der Waals surface area contributed by atoms with E-state index in [1.165, 1.54) is 0 Å². The van der Waals surface area contributed by atoms with Crippen molar-refractivity contribution in [1.29, 1.82) is 0 Å². The summed E-state index contributed by atoms with van der Waals surface area (Å²) in [7, 11) is 0. The standard InChI is InChI=1S/C5H8ClNO3/c6-2-1-3-7-4(8)5(9)10/h1-3H2,(H,7,8)(H,9,10). The summed E-state index contributed by atoms with van der Waals surface area (Å²) >= 11 is 5.27. The number of hydrogen-bond donors (Lipinski definition) is 2. The molecule has 0 spiro atoms. The maximum atomic E-state index is 10.3. The van der Waals surface area contributed by atoms with Crippen LogP contribution in [0.3, 0.4) is 0 Å². The molecule has 0 radical (unpaired) electrons. The Morgan fingerprint density at radius 2 is 2.10 bits per heavy atom. The molecule has 0 atom stereocenters. The van der Waals surface area contributed by atoms with Crippen molar-refractivity contribution in [1.82, 2.24) is 5.32 Å². The van der Waals surface area contributed by atoms with E-state index in [4.69, 9.17) is 16.7 Å². The summed E-state index contributed by atoms with van der Waals surface area (Å²) in [6.45, 7) is 0.314. The topological polar surface area (TPSA) is 66.4 Å². The highest BCUT2D eigenvalue weighted by Crippen LogP contribution is 1.80. The quantitative estimate of drug-likeness (QED) is 0.346. The van der Waals surface area contributed by atoms with Crippen LogP contribution >= 0.6 is 11.6 Å². The van der Waals surface area contributed by atoms with E-state index < -0.39 is 11.9 Å². The van der Waals surface area contributed by atoms with Gasteiger partial charge in [0.25, 0.3) is 0 Å². The summed E-state index contributed by atoms with van der Waals surface area (Å²) in [5.41, 5.74) is 0. The molecule has 0 heterocycles. The van der Waals surface area contributed by atoms with Crippen LogP contribution in [0, 0.1) is 0 Å². The third-order valence-electron chi connectivity index (χ3n) is 0.790. The molecule has 0 aliphatic rings. The highest BCUT2D eigenvalue weighted by molar-refractivity contribution is 6.31. The zero-order chi connectivity index (χ0) is 7.98. The number of amides is 1. The Morgan fingerprint density at radius 3 is 2.50 bits per heavy atom. The molecule has 1 amide bonds. The molecule has 0 aliphatic carbocycles. The summed E-state index contributed by atoms with van der Waals surface area (Å²) in [6, 6.07) is 0. The van der Waals surface area contributed by atoms with Gasteiger partial charge in [0.05, 0.1) is 0 Å². The number of carboxylic acids is 1. The normalized spacial score (nSPS) is 8.90. The van der Waals surface area contributed by atoms with E-state index in [1.54, 1.807) is 0 Å². The van der Waals surface area contributed by atoms with Gasteiger partial charge in [0, 0.05) is 12.4 Å². The van der Waals surface area contributed by atoms with Crippen LogP contribution in [0.5, 0.6) is 0 Å². The number of rotatable bonds is 3. The lowest BCUT2D eigenvalue weighted by atomic mass is 10.4. The molecule has 5 heteroatoms. The second-order valence-corrected chi connectivity index (χ2v) is 1.98. The molecular weight excluding hydrogens is 158 g/mol. The van der Waals surface area contributed by atoms with Crippen LogP contribution in [-0.2, 0) is 9.59 Å². The summed E-state index contributed by atoms with van der Waals surface area (Å²) in [4.78, 5) is 20.1. The largest absolute Gasteiger partial charge is 0.474 e. The smallest absolute Gasteiger partial charge is 0.394 e. The van der Waals surface area contributed by atoms with Crippen molar-refractivity contribution in [3.8, 4) is 0 Å². The van der Waals surface area contributed by atoms with Crippen molar-refractivity contribution < 1.29 is 14.7 Å². The number of halogens is 1. The van der Waals surface area contributed by atoms with Gasteiger partial charge in [-0.25, -0.2) is 4.79 Å². The molecule has 0 unspecified atom stereocenters. The average molecular weight is 166 g/mol. The van der Waals surface area contributed by atoms with Gasteiger partial charge in [-0.2, -0.15) is 0 Å². The predicted octanol–water partition coefficient (Wildman–Crippen LogP) is -0.184. The van der Waals surface area contributed by atoms with Crippen LogP contribution < -0.4 is 5.32 Å². The van der Waals surface area contributed by atoms with Crippen LogP contribution in [0.2, 0.25) is 0 Å². The lowest BCUT2D eigenvalue weighted by Gasteiger charge is -1.96. The zero-order valence-electron chi connectivity index (χ0n) is 5.26. The number of carboxylic acid groups (broad SMARTS) is 1. The Hall–Kier alpha value is -0.770. The Morgan fingerprint density at radius 1 is 1.50 bits per heavy atom. The first kappa shape index (κ1) is 9.23. The Kier molecular flexibility index (Phi) is 4.66. The second kappa shape index (κ2) is 5.05. The van der Waals surface area contributed by atoms with Gasteiger partial charge in [-0.05, 0) is 6.42 Å². The van der Waals surface area contributed by atoms with Crippen LogP contribution in [0.1, 0.15) is 6.42 Å². The average Bonchev–Trinajstić information content (AvgIpc) is 1.88. The molecule has 0 fully saturated rings. The van der Waals surface area contributed by atoms with Crippen molar-refractivity contribution in [2.24, 2.45) is 0 Å². The van der Waals surface area contributed by atoms with Gasteiger partial charge in [0.1, 0.15) is 0 Å². The maximum Gasteiger partial charge on any atom is 0.394 e. The van der Waals surface area contributed by atoms with Gasteiger partial charge in [-0.1, -0.05) is 0 Å². The lowest BCUT2D eigenvalue weighted by Crippen LogP contribution is -2.31. The minimum absolute atomic E-state index is 0.314. The molecule has 0 aromatic rings. The molecule has 0 saturated heterocycles. The Labute approximate surface area is 63.2 Å². The molecule has 0 aromatic heterocycles. The minimum atomic E-state index is -1.46. The van der Waals surface area contributed by atoms with Crippen molar-refractivity contribution in [3.05, 3.63) is 0 Å². The zero-order valence-corrected chi connectivity index (χ0v) is 6.02. The van der Waals surface area contributed by atoms with Crippen molar-refractivity contribution in [3.63, 3.8) is 0 Å². The van der Waals surface area contributed by atoms with Crippen LogP contribution in [0.25, 0.3) is 0 Å². The van der Waals surface area contributed by atoms with E-state index in [0.29, 0.717) is 18.8 Å². The predicted molar refractivity (Wildman–Crippen MR) is 36.0 cm³/mol. The molecule has 2 N–H and O–H groups in total. The summed E-state index contributed by atoms with van der Waals surface area (Å²) in [6.07, 6.45) is 0.584. The van der Waals surface area contributed by atoms with E-state index in [-0.39, 0.29) is 0 Å². The monoisotopic (exact) mass is 165 g/mol. The lowest BCUT2D eigenvalue weighted by molar-refractivity contribution is -0.150. The summed E-state index contributed by atoms with van der Waals surface area (Å²) in [5, 5.41) is 10.2. The highest BCUT2D eigenvalue weighted by Gasteiger charge is 2.08. The minimum Gasteiger partial charge on any atom is -0.474 e. The van der Waals surface area contributed by atoms with Crippen LogP contribution in [0.4, 0.5) is 0 Å². The first-order valence-electron chi connectivity index (χ1n) is 2.75. The first-order valence-corrected chi connectivity index (χ1v) is 3.29. The van der Waals surface area contributed by atoms with Crippen molar-refractivity contribution >= 4 is 23.5 Å². The molecule has 0 saturated carbocycles. The molecule has 0 bridgehead atoms. The molecule has 10 heavy (non-hydrogen) atoms. The fraction of sp³-hybridized carbons (Fsp3) is 0.600. The van der Waals surface area contributed by atoms with Gasteiger partial charge in [0.2, 0.25) is 0 Å². The second-order valence-electron chi connectivity index (χ2n) is 1.60. The van der Waals surface area contributed by atoms with Gasteiger partial charge < -0.3 is 10.4 Å². The number of alkyl halides is 1. The number of carbonyl (C=O) groups excluding carboxylic acids is 1. The maximum absolute atomic E-state index is 10.3. The molecule has 4 nitrogen and oxygen atoms in total. The number of hydrogen-bond acceptors (Lipinski definition) is 2. The molecule has 0 aromatic carbocycles. The SMILES string of the molecule is O=C(O)C(=O)NCCCCl. The number of nitrogens with one attached hydrogen (secondary N) is 1. The Balaban J connectivity index is 3.31. The van der Waals surface area contributed by atoms with Gasteiger partial charge in [-0.3, -0.25) is 4.79 Å². The molecule has 58 valence electrons. The summed E-state index contributed by atoms with van der Waals surface area (Å²) < 4.78 is 0. The third kappa shape index (κ3) is 4.14.